The number of carbonyl (C=O) groups is 1. The van der Waals surface area contributed by atoms with Crippen LogP contribution in [-0.2, 0) is 4.79 Å². The normalized spacial score (nSPS) is 19.6. The first-order chi connectivity index (χ1) is 10.2. The van der Waals surface area contributed by atoms with E-state index in [-0.39, 0.29) is 12.5 Å². The number of ether oxygens (including phenoxy) is 1. The lowest BCUT2D eigenvalue weighted by Crippen LogP contribution is -2.33. The Balaban J connectivity index is 1.93. The van der Waals surface area contributed by atoms with Gasteiger partial charge in [0.15, 0.2) is 6.61 Å². The van der Waals surface area contributed by atoms with Crippen LogP contribution in [0.1, 0.15) is 38.2 Å². The molecule has 0 aromatic heterocycles. The molecule has 116 valence electrons. The number of carbonyl (C=O) groups excluding carboxylic acids is 1. The summed E-state index contributed by atoms with van der Waals surface area (Å²) in [5.41, 5.74) is 6.84. The summed E-state index contributed by atoms with van der Waals surface area (Å²) in [6.45, 7) is 6.68. The summed E-state index contributed by atoms with van der Waals surface area (Å²) in [4.78, 5) is 14.1. The number of likely N-dealkylation sites (tertiary alicyclic amines) is 1. The molecule has 1 aliphatic rings. The van der Waals surface area contributed by atoms with Crippen molar-refractivity contribution in [2.24, 2.45) is 11.7 Å². The van der Waals surface area contributed by atoms with Gasteiger partial charge in [0.05, 0.1) is 0 Å². The standard InChI is InChI=1S/C17H26N2O2/c1-3-13(2)15-6-4-5-7-16(15)21-12-17(20)19-9-8-14(10-18)11-19/h4-7,13-14H,3,8-12,18H2,1-2H3/t13-,14-/m1/s1. The highest BCUT2D eigenvalue weighted by Gasteiger charge is 2.25. The van der Waals surface area contributed by atoms with E-state index < -0.39 is 0 Å². The average Bonchev–Trinajstić information content (AvgIpc) is 3.01. The SMILES string of the molecule is CC[C@@H](C)c1ccccc1OCC(=O)N1CC[C@H](CN)C1. The molecule has 4 heteroatoms. The number of nitrogens with zero attached hydrogens (tertiary/aromatic N) is 1. The summed E-state index contributed by atoms with van der Waals surface area (Å²) >= 11 is 0. The first-order valence-electron chi connectivity index (χ1n) is 7.85. The van der Waals surface area contributed by atoms with Crippen LogP contribution < -0.4 is 10.5 Å². The van der Waals surface area contributed by atoms with Crippen molar-refractivity contribution in [3.05, 3.63) is 29.8 Å². The van der Waals surface area contributed by atoms with Crippen LogP contribution in [0.15, 0.2) is 24.3 Å². The van der Waals surface area contributed by atoms with Crippen LogP contribution in [0, 0.1) is 5.92 Å². The van der Waals surface area contributed by atoms with Gasteiger partial charge in [-0.1, -0.05) is 32.0 Å². The maximum Gasteiger partial charge on any atom is 0.260 e. The third-order valence-electron chi connectivity index (χ3n) is 4.39. The topological polar surface area (TPSA) is 55.6 Å². The Morgan fingerprint density at radius 3 is 2.90 bits per heavy atom. The highest BCUT2D eigenvalue weighted by molar-refractivity contribution is 5.78. The van der Waals surface area contributed by atoms with E-state index in [2.05, 4.69) is 19.9 Å². The van der Waals surface area contributed by atoms with Crippen LogP contribution in [-0.4, -0.2) is 37.0 Å². The first kappa shape index (κ1) is 15.8. The Morgan fingerprint density at radius 2 is 2.24 bits per heavy atom. The quantitative estimate of drug-likeness (QED) is 0.875. The Kier molecular flexibility index (Phi) is 5.62. The number of benzene rings is 1. The Morgan fingerprint density at radius 1 is 1.48 bits per heavy atom. The minimum atomic E-state index is 0.0601. The summed E-state index contributed by atoms with van der Waals surface area (Å²) in [5.74, 6) is 1.77. The molecular weight excluding hydrogens is 264 g/mol. The third-order valence-corrected chi connectivity index (χ3v) is 4.39. The summed E-state index contributed by atoms with van der Waals surface area (Å²) in [7, 11) is 0. The van der Waals surface area contributed by atoms with E-state index >= 15 is 0 Å². The molecule has 1 amide bonds. The molecule has 0 radical (unpaired) electrons. The molecule has 1 fully saturated rings. The van der Waals surface area contributed by atoms with Crippen molar-refractivity contribution in [1.29, 1.82) is 0 Å². The second-order valence-electron chi connectivity index (χ2n) is 5.87. The van der Waals surface area contributed by atoms with Gasteiger partial charge in [0.1, 0.15) is 5.75 Å². The van der Waals surface area contributed by atoms with Crippen LogP contribution in [0.2, 0.25) is 0 Å². The largest absolute Gasteiger partial charge is 0.483 e. The Labute approximate surface area is 127 Å². The molecule has 1 heterocycles. The van der Waals surface area contributed by atoms with E-state index in [9.17, 15) is 4.79 Å². The van der Waals surface area contributed by atoms with Crippen molar-refractivity contribution in [3.63, 3.8) is 0 Å². The van der Waals surface area contributed by atoms with Crippen molar-refractivity contribution >= 4 is 5.91 Å². The van der Waals surface area contributed by atoms with Gasteiger partial charge in [-0.05, 0) is 42.9 Å². The van der Waals surface area contributed by atoms with Crippen molar-refractivity contribution < 1.29 is 9.53 Å². The van der Waals surface area contributed by atoms with Crippen LogP contribution in [0.25, 0.3) is 0 Å². The van der Waals surface area contributed by atoms with E-state index in [4.69, 9.17) is 10.5 Å². The van der Waals surface area contributed by atoms with Gasteiger partial charge in [-0.25, -0.2) is 0 Å². The molecule has 0 bridgehead atoms. The lowest BCUT2D eigenvalue weighted by Gasteiger charge is -2.19. The maximum absolute atomic E-state index is 12.2. The van der Waals surface area contributed by atoms with Gasteiger partial charge >= 0.3 is 0 Å². The second-order valence-corrected chi connectivity index (χ2v) is 5.87. The predicted molar refractivity (Wildman–Crippen MR) is 84.4 cm³/mol. The zero-order chi connectivity index (χ0) is 15.2. The lowest BCUT2D eigenvalue weighted by atomic mass is 9.98. The monoisotopic (exact) mass is 290 g/mol. The van der Waals surface area contributed by atoms with E-state index in [0.29, 0.717) is 18.4 Å². The van der Waals surface area contributed by atoms with E-state index in [1.54, 1.807) is 0 Å². The van der Waals surface area contributed by atoms with Crippen molar-refractivity contribution in [2.75, 3.05) is 26.2 Å². The van der Waals surface area contributed by atoms with Gasteiger partial charge in [0, 0.05) is 13.1 Å². The summed E-state index contributed by atoms with van der Waals surface area (Å²) in [5, 5.41) is 0. The van der Waals surface area contributed by atoms with Crippen LogP contribution in [0.4, 0.5) is 0 Å². The van der Waals surface area contributed by atoms with Crippen molar-refractivity contribution in [3.8, 4) is 5.75 Å². The molecule has 0 aliphatic carbocycles. The van der Waals surface area contributed by atoms with Crippen LogP contribution >= 0.6 is 0 Å². The molecule has 0 spiro atoms. The summed E-state index contributed by atoms with van der Waals surface area (Å²) in [6.07, 6.45) is 2.06. The molecule has 1 aromatic carbocycles. The fourth-order valence-electron chi connectivity index (χ4n) is 2.72. The number of nitrogens with two attached hydrogens (primary N) is 1. The van der Waals surface area contributed by atoms with E-state index in [1.165, 1.54) is 5.56 Å². The Bertz CT molecular complexity index is 476. The van der Waals surface area contributed by atoms with E-state index in [0.717, 1.165) is 31.7 Å². The molecule has 1 aromatic rings. The molecule has 1 aliphatic heterocycles. The highest BCUT2D eigenvalue weighted by atomic mass is 16.5. The molecular formula is C17H26N2O2. The molecule has 0 saturated carbocycles. The summed E-state index contributed by atoms with van der Waals surface area (Å²) in [6, 6.07) is 7.99. The molecule has 0 unspecified atom stereocenters. The molecule has 2 rings (SSSR count). The van der Waals surface area contributed by atoms with Gasteiger partial charge in [-0.2, -0.15) is 0 Å². The van der Waals surface area contributed by atoms with Crippen LogP contribution in [0.3, 0.4) is 0 Å². The molecule has 21 heavy (non-hydrogen) atoms. The maximum atomic E-state index is 12.2. The second kappa shape index (κ2) is 7.46. The fourth-order valence-corrected chi connectivity index (χ4v) is 2.72. The predicted octanol–water partition coefficient (Wildman–Crippen LogP) is 2.39. The molecule has 2 atom stereocenters. The van der Waals surface area contributed by atoms with E-state index in [1.807, 2.05) is 23.1 Å². The number of para-hydroxylation sites is 1. The van der Waals surface area contributed by atoms with Gasteiger partial charge in [0.25, 0.3) is 5.91 Å². The number of hydrogen-bond acceptors (Lipinski definition) is 3. The van der Waals surface area contributed by atoms with Crippen molar-refractivity contribution in [2.45, 2.75) is 32.6 Å². The van der Waals surface area contributed by atoms with Gasteiger partial charge in [-0.3, -0.25) is 4.79 Å². The lowest BCUT2D eigenvalue weighted by molar-refractivity contribution is -0.132. The van der Waals surface area contributed by atoms with Crippen molar-refractivity contribution in [1.82, 2.24) is 4.90 Å². The zero-order valence-corrected chi connectivity index (χ0v) is 13.0. The zero-order valence-electron chi connectivity index (χ0n) is 13.0. The summed E-state index contributed by atoms with van der Waals surface area (Å²) < 4.78 is 5.78. The first-order valence-corrected chi connectivity index (χ1v) is 7.85. The minimum absolute atomic E-state index is 0.0601. The number of rotatable bonds is 6. The minimum Gasteiger partial charge on any atom is -0.483 e. The van der Waals surface area contributed by atoms with Gasteiger partial charge < -0.3 is 15.4 Å². The molecule has 2 N–H and O–H groups in total. The van der Waals surface area contributed by atoms with Gasteiger partial charge in [0.2, 0.25) is 0 Å². The number of amides is 1. The third kappa shape index (κ3) is 3.97. The Hall–Kier alpha value is -1.55. The van der Waals surface area contributed by atoms with Crippen LogP contribution in [0.5, 0.6) is 5.75 Å². The fraction of sp³-hybridized carbons (Fsp3) is 0.588. The highest BCUT2D eigenvalue weighted by Crippen LogP contribution is 2.28. The van der Waals surface area contributed by atoms with Gasteiger partial charge in [-0.15, -0.1) is 0 Å². The average molecular weight is 290 g/mol. The molecule has 4 nitrogen and oxygen atoms in total. The number of hydrogen-bond donors (Lipinski definition) is 1. The smallest absolute Gasteiger partial charge is 0.260 e. The molecule has 1 saturated heterocycles.